The molecule has 4 nitrogen and oxygen atoms in total. The van der Waals surface area contributed by atoms with E-state index in [2.05, 4.69) is 9.97 Å². The molecule has 0 aliphatic carbocycles. The molecule has 0 aromatic carbocycles. The van der Waals surface area contributed by atoms with Crippen molar-refractivity contribution in [3.8, 4) is 10.6 Å². The second-order valence-electron chi connectivity index (χ2n) is 2.93. The summed E-state index contributed by atoms with van der Waals surface area (Å²) in [5.74, 6) is 0. The predicted octanol–water partition coefficient (Wildman–Crippen LogP) is 1.10. The predicted molar refractivity (Wildman–Crippen MR) is 55.7 cm³/mol. The smallest absolute Gasteiger partial charge is 0.306 e. The van der Waals surface area contributed by atoms with Crippen LogP contribution in [0.2, 0.25) is 0 Å². The number of thiophene rings is 1. The summed E-state index contributed by atoms with van der Waals surface area (Å²) in [5, 5.41) is 1.92. The first-order valence-corrected chi connectivity index (χ1v) is 4.93. The topological polar surface area (TPSA) is 65.7 Å². The van der Waals surface area contributed by atoms with E-state index in [9.17, 15) is 9.59 Å². The van der Waals surface area contributed by atoms with Gasteiger partial charge in [-0.25, -0.2) is 4.79 Å². The molecule has 2 N–H and O–H groups in total. The van der Waals surface area contributed by atoms with Crippen molar-refractivity contribution < 1.29 is 0 Å². The Morgan fingerprint density at radius 1 is 1.29 bits per heavy atom. The Balaban J connectivity index is 2.69. The molecule has 0 saturated heterocycles. The number of hydrogen-bond donors (Lipinski definition) is 2. The van der Waals surface area contributed by atoms with Gasteiger partial charge in [0.1, 0.15) is 0 Å². The van der Waals surface area contributed by atoms with Gasteiger partial charge in [-0.3, -0.25) is 9.78 Å². The third-order valence-electron chi connectivity index (χ3n) is 1.87. The van der Waals surface area contributed by atoms with E-state index in [4.69, 9.17) is 0 Å². The van der Waals surface area contributed by atoms with E-state index in [0.717, 1.165) is 10.4 Å². The summed E-state index contributed by atoms with van der Waals surface area (Å²) in [4.78, 5) is 27.7. The van der Waals surface area contributed by atoms with Crippen LogP contribution in [0.1, 0.15) is 5.56 Å². The van der Waals surface area contributed by atoms with E-state index in [1.807, 2.05) is 18.4 Å². The lowest BCUT2D eigenvalue weighted by Gasteiger charge is -1.97. The third-order valence-corrected chi connectivity index (χ3v) is 2.92. The molecule has 14 heavy (non-hydrogen) atoms. The average Bonchev–Trinajstić information content (AvgIpc) is 2.49. The number of aromatic nitrogens is 2. The van der Waals surface area contributed by atoms with Crippen molar-refractivity contribution in [3.05, 3.63) is 43.9 Å². The molecule has 2 aromatic rings. The summed E-state index contributed by atoms with van der Waals surface area (Å²) in [6, 6.07) is 3.33. The van der Waals surface area contributed by atoms with Gasteiger partial charge in [0.25, 0.3) is 5.56 Å². The van der Waals surface area contributed by atoms with Crippen molar-refractivity contribution in [2.24, 2.45) is 0 Å². The van der Waals surface area contributed by atoms with Crippen molar-refractivity contribution in [2.45, 2.75) is 6.92 Å². The highest BCUT2D eigenvalue weighted by molar-refractivity contribution is 7.13. The first-order valence-electron chi connectivity index (χ1n) is 4.05. The Hall–Kier alpha value is -1.62. The summed E-state index contributed by atoms with van der Waals surface area (Å²) in [6.45, 7) is 1.94. The molecule has 2 rings (SSSR count). The van der Waals surface area contributed by atoms with Crippen LogP contribution < -0.4 is 11.2 Å². The maximum atomic E-state index is 11.0. The van der Waals surface area contributed by atoms with Crippen molar-refractivity contribution in [3.63, 3.8) is 0 Å². The Morgan fingerprint density at radius 2 is 2.07 bits per heavy atom. The summed E-state index contributed by atoms with van der Waals surface area (Å²) >= 11 is 1.50. The van der Waals surface area contributed by atoms with Crippen LogP contribution in [0.4, 0.5) is 0 Å². The molecule has 0 atom stereocenters. The fourth-order valence-corrected chi connectivity index (χ4v) is 2.14. The average molecular weight is 208 g/mol. The van der Waals surface area contributed by atoms with Crippen molar-refractivity contribution >= 4 is 11.3 Å². The molecule has 0 fully saturated rings. The maximum absolute atomic E-state index is 11.0. The largest absolute Gasteiger partial charge is 0.326 e. The number of H-pyrrole nitrogens is 2. The summed E-state index contributed by atoms with van der Waals surface area (Å²) in [5.41, 5.74) is 0.777. The van der Waals surface area contributed by atoms with Crippen LogP contribution in [-0.4, -0.2) is 9.97 Å². The van der Waals surface area contributed by atoms with Crippen LogP contribution in [0.3, 0.4) is 0 Å². The van der Waals surface area contributed by atoms with Gasteiger partial charge in [-0.15, -0.1) is 11.3 Å². The van der Waals surface area contributed by atoms with E-state index < -0.39 is 5.69 Å². The molecule has 0 amide bonds. The second-order valence-corrected chi connectivity index (χ2v) is 3.85. The molecular formula is C9H8N2O2S. The minimum Gasteiger partial charge on any atom is -0.306 e. The Labute approximate surface area is 83.3 Å². The zero-order chi connectivity index (χ0) is 10.1. The normalized spacial score (nSPS) is 10.4. The van der Waals surface area contributed by atoms with Gasteiger partial charge in [0.05, 0.1) is 10.6 Å². The number of rotatable bonds is 1. The second kappa shape index (κ2) is 3.26. The zero-order valence-corrected chi connectivity index (χ0v) is 8.27. The molecule has 0 radical (unpaired) electrons. The Bertz CT molecular complexity index is 536. The molecule has 72 valence electrons. The molecule has 0 unspecified atom stereocenters. The Kier molecular flexibility index (Phi) is 2.09. The molecule has 2 heterocycles. The number of aromatic amines is 2. The molecule has 0 aliphatic rings. The van der Waals surface area contributed by atoms with Crippen LogP contribution in [0.25, 0.3) is 10.6 Å². The van der Waals surface area contributed by atoms with E-state index in [1.165, 1.54) is 17.4 Å². The van der Waals surface area contributed by atoms with Gasteiger partial charge in [0.2, 0.25) is 0 Å². The monoisotopic (exact) mass is 208 g/mol. The number of nitrogens with one attached hydrogen (secondary N) is 2. The van der Waals surface area contributed by atoms with E-state index in [1.54, 1.807) is 0 Å². The first kappa shape index (κ1) is 8.96. The molecular weight excluding hydrogens is 200 g/mol. The van der Waals surface area contributed by atoms with Gasteiger partial charge < -0.3 is 4.98 Å². The highest BCUT2D eigenvalue weighted by Gasteiger charge is 2.04. The molecule has 2 aromatic heterocycles. The highest BCUT2D eigenvalue weighted by atomic mass is 32.1. The van der Waals surface area contributed by atoms with Gasteiger partial charge in [-0.05, 0) is 23.9 Å². The van der Waals surface area contributed by atoms with Gasteiger partial charge >= 0.3 is 5.69 Å². The summed E-state index contributed by atoms with van der Waals surface area (Å²) < 4.78 is 0. The van der Waals surface area contributed by atoms with Gasteiger partial charge in [-0.1, -0.05) is 0 Å². The van der Waals surface area contributed by atoms with E-state index in [0.29, 0.717) is 5.69 Å². The van der Waals surface area contributed by atoms with Crippen LogP contribution in [0.15, 0.2) is 27.1 Å². The standard InChI is InChI=1S/C9H8N2O2S/c1-5-2-3-14-8(5)6-4-7(12)11-9(13)10-6/h2-4H,1H3,(H2,10,11,12,13). The summed E-state index contributed by atoms with van der Waals surface area (Å²) in [7, 11) is 0. The lowest BCUT2D eigenvalue weighted by atomic mass is 10.2. The maximum Gasteiger partial charge on any atom is 0.326 e. The molecule has 0 aliphatic heterocycles. The Morgan fingerprint density at radius 3 is 2.64 bits per heavy atom. The van der Waals surface area contributed by atoms with E-state index >= 15 is 0 Å². The molecule has 5 heteroatoms. The van der Waals surface area contributed by atoms with Crippen LogP contribution in [0.5, 0.6) is 0 Å². The van der Waals surface area contributed by atoms with Crippen LogP contribution in [0, 0.1) is 6.92 Å². The number of hydrogen-bond acceptors (Lipinski definition) is 3. The van der Waals surface area contributed by atoms with Crippen molar-refractivity contribution in [1.29, 1.82) is 0 Å². The molecule has 0 bridgehead atoms. The van der Waals surface area contributed by atoms with Gasteiger partial charge in [0, 0.05) is 6.07 Å². The number of aryl methyl sites for hydroxylation is 1. The van der Waals surface area contributed by atoms with Crippen molar-refractivity contribution in [1.82, 2.24) is 9.97 Å². The first-order chi connectivity index (χ1) is 6.66. The van der Waals surface area contributed by atoms with Gasteiger partial charge in [-0.2, -0.15) is 0 Å². The quantitative estimate of drug-likeness (QED) is 0.737. The van der Waals surface area contributed by atoms with Crippen LogP contribution in [-0.2, 0) is 0 Å². The van der Waals surface area contributed by atoms with Crippen molar-refractivity contribution in [2.75, 3.05) is 0 Å². The van der Waals surface area contributed by atoms with E-state index in [-0.39, 0.29) is 5.56 Å². The van der Waals surface area contributed by atoms with Gasteiger partial charge in [0.15, 0.2) is 0 Å². The molecule has 0 saturated carbocycles. The zero-order valence-electron chi connectivity index (χ0n) is 7.46. The fraction of sp³-hybridized carbons (Fsp3) is 0.111. The molecule has 0 spiro atoms. The third kappa shape index (κ3) is 1.54. The minimum absolute atomic E-state index is 0.378. The SMILES string of the molecule is Cc1ccsc1-c1cc(=O)[nH]c(=O)[nH]1. The summed E-state index contributed by atoms with van der Waals surface area (Å²) in [6.07, 6.45) is 0. The van der Waals surface area contributed by atoms with Crippen LogP contribution >= 0.6 is 11.3 Å². The highest BCUT2D eigenvalue weighted by Crippen LogP contribution is 2.25. The fourth-order valence-electron chi connectivity index (χ4n) is 1.24. The minimum atomic E-state index is -0.472. The lowest BCUT2D eigenvalue weighted by Crippen LogP contribution is -2.21. The lowest BCUT2D eigenvalue weighted by molar-refractivity contribution is 1.04.